The Hall–Kier alpha value is -0.860. The maximum atomic E-state index is 2.36. The van der Waals surface area contributed by atoms with Crippen LogP contribution in [0.15, 0.2) is 24.3 Å². The molecule has 2 nitrogen and oxygen atoms in total. The van der Waals surface area contributed by atoms with Crippen molar-refractivity contribution in [3.05, 3.63) is 35.4 Å². The van der Waals surface area contributed by atoms with Crippen molar-refractivity contribution < 1.29 is 0 Å². The van der Waals surface area contributed by atoms with Crippen LogP contribution in [0.5, 0.6) is 0 Å². The van der Waals surface area contributed by atoms with Crippen LogP contribution < -0.4 is 0 Å². The molecule has 1 rings (SSSR count). The first-order valence-electron chi connectivity index (χ1n) is 6.92. The van der Waals surface area contributed by atoms with Gasteiger partial charge >= 0.3 is 0 Å². The van der Waals surface area contributed by atoms with Crippen LogP contribution in [0.1, 0.15) is 31.4 Å². The molecule has 0 radical (unpaired) electrons. The molecular weight excluding hydrogens is 220 g/mol. The zero-order valence-electron chi connectivity index (χ0n) is 12.6. The van der Waals surface area contributed by atoms with Gasteiger partial charge in [0, 0.05) is 12.6 Å². The van der Waals surface area contributed by atoms with E-state index in [-0.39, 0.29) is 0 Å². The number of nitrogens with zero attached hydrogens (tertiary/aromatic N) is 2. The molecule has 102 valence electrons. The monoisotopic (exact) mass is 248 g/mol. The Bertz CT molecular complexity index is 327. The van der Waals surface area contributed by atoms with E-state index in [9.17, 15) is 0 Å². The number of benzene rings is 1. The second-order valence-corrected chi connectivity index (χ2v) is 5.73. The normalized spacial score (nSPS) is 11.8. The molecule has 0 spiro atoms. The Morgan fingerprint density at radius 3 is 2.00 bits per heavy atom. The molecule has 1 aromatic carbocycles. The highest BCUT2D eigenvalue weighted by atomic mass is 15.1. The number of hydrogen-bond donors (Lipinski definition) is 0. The molecular formula is C16H28N2. The maximum absolute atomic E-state index is 2.36. The van der Waals surface area contributed by atoms with Gasteiger partial charge in [0.1, 0.15) is 0 Å². The minimum atomic E-state index is 0.602. The average Bonchev–Trinajstić information content (AvgIpc) is 2.30. The van der Waals surface area contributed by atoms with Gasteiger partial charge in [-0.05, 0) is 65.5 Å². The molecule has 0 aliphatic heterocycles. The van der Waals surface area contributed by atoms with Crippen molar-refractivity contribution in [2.75, 3.05) is 27.7 Å². The van der Waals surface area contributed by atoms with Crippen LogP contribution in [-0.4, -0.2) is 43.5 Å². The summed E-state index contributed by atoms with van der Waals surface area (Å²) in [6, 6.07) is 9.69. The summed E-state index contributed by atoms with van der Waals surface area (Å²) in [7, 11) is 6.44. The lowest BCUT2D eigenvalue weighted by molar-refractivity contribution is 0.266. The minimum absolute atomic E-state index is 0.602. The van der Waals surface area contributed by atoms with Crippen LogP contribution in [0, 0.1) is 0 Å². The molecule has 0 unspecified atom stereocenters. The summed E-state index contributed by atoms with van der Waals surface area (Å²) >= 11 is 0. The SMILES string of the molecule is CC(C)N(C)Cc1ccc(CCCN(C)C)cc1. The van der Waals surface area contributed by atoms with Gasteiger partial charge < -0.3 is 4.90 Å². The summed E-state index contributed by atoms with van der Waals surface area (Å²) in [5.74, 6) is 0. The van der Waals surface area contributed by atoms with Gasteiger partial charge in [0.05, 0.1) is 0 Å². The summed E-state index contributed by atoms with van der Waals surface area (Å²) in [4.78, 5) is 4.60. The Kier molecular flexibility index (Phi) is 6.37. The second-order valence-electron chi connectivity index (χ2n) is 5.73. The van der Waals surface area contributed by atoms with Gasteiger partial charge in [0.25, 0.3) is 0 Å². The van der Waals surface area contributed by atoms with E-state index in [0.717, 1.165) is 13.1 Å². The van der Waals surface area contributed by atoms with E-state index in [2.05, 4.69) is 69.1 Å². The lowest BCUT2D eigenvalue weighted by Crippen LogP contribution is -2.25. The first-order valence-corrected chi connectivity index (χ1v) is 6.92. The van der Waals surface area contributed by atoms with E-state index in [1.54, 1.807) is 0 Å². The molecule has 0 atom stereocenters. The van der Waals surface area contributed by atoms with Gasteiger partial charge in [-0.15, -0.1) is 0 Å². The summed E-state index contributed by atoms with van der Waals surface area (Å²) in [6.45, 7) is 6.67. The van der Waals surface area contributed by atoms with Gasteiger partial charge in [-0.25, -0.2) is 0 Å². The van der Waals surface area contributed by atoms with E-state index < -0.39 is 0 Å². The highest BCUT2D eigenvalue weighted by Crippen LogP contribution is 2.10. The molecule has 0 saturated heterocycles. The molecule has 18 heavy (non-hydrogen) atoms. The molecule has 2 heteroatoms. The zero-order chi connectivity index (χ0) is 13.5. The molecule has 0 N–H and O–H groups in total. The Labute approximate surface area is 113 Å². The molecule has 1 aromatic rings. The number of hydrogen-bond acceptors (Lipinski definition) is 2. The van der Waals surface area contributed by atoms with E-state index in [4.69, 9.17) is 0 Å². The molecule has 0 fully saturated rings. The molecule has 0 aliphatic rings. The number of rotatable bonds is 7. The highest BCUT2D eigenvalue weighted by Gasteiger charge is 2.04. The van der Waals surface area contributed by atoms with Crippen molar-refractivity contribution in [2.24, 2.45) is 0 Å². The number of aryl methyl sites for hydroxylation is 1. The third-order valence-corrected chi connectivity index (χ3v) is 3.41. The van der Waals surface area contributed by atoms with Crippen molar-refractivity contribution in [3.63, 3.8) is 0 Å². The van der Waals surface area contributed by atoms with Crippen molar-refractivity contribution in [1.29, 1.82) is 0 Å². The first-order chi connectivity index (χ1) is 8.49. The summed E-state index contributed by atoms with van der Waals surface area (Å²) < 4.78 is 0. The zero-order valence-corrected chi connectivity index (χ0v) is 12.6. The van der Waals surface area contributed by atoms with E-state index in [0.29, 0.717) is 6.04 Å². The van der Waals surface area contributed by atoms with Gasteiger partial charge in [-0.1, -0.05) is 24.3 Å². The smallest absolute Gasteiger partial charge is 0.0233 e. The summed E-state index contributed by atoms with van der Waals surface area (Å²) in [5.41, 5.74) is 2.86. The van der Waals surface area contributed by atoms with Crippen molar-refractivity contribution in [3.8, 4) is 0 Å². The van der Waals surface area contributed by atoms with Crippen LogP contribution in [0.2, 0.25) is 0 Å². The van der Waals surface area contributed by atoms with Crippen LogP contribution >= 0.6 is 0 Å². The molecule has 0 bridgehead atoms. The fourth-order valence-electron chi connectivity index (χ4n) is 1.88. The van der Waals surface area contributed by atoms with Gasteiger partial charge in [-0.2, -0.15) is 0 Å². The Morgan fingerprint density at radius 2 is 1.50 bits per heavy atom. The molecule has 0 amide bonds. The third kappa shape index (κ3) is 5.65. The van der Waals surface area contributed by atoms with Gasteiger partial charge in [-0.3, -0.25) is 4.90 Å². The van der Waals surface area contributed by atoms with Crippen LogP contribution in [0.4, 0.5) is 0 Å². The predicted molar refractivity (Wildman–Crippen MR) is 79.9 cm³/mol. The average molecular weight is 248 g/mol. The lowest BCUT2D eigenvalue weighted by atomic mass is 10.1. The van der Waals surface area contributed by atoms with Crippen molar-refractivity contribution in [2.45, 2.75) is 39.3 Å². The van der Waals surface area contributed by atoms with Gasteiger partial charge in [0.15, 0.2) is 0 Å². The van der Waals surface area contributed by atoms with Crippen LogP contribution in [0.3, 0.4) is 0 Å². The minimum Gasteiger partial charge on any atom is -0.309 e. The lowest BCUT2D eigenvalue weighted by Gasteiger charge is -2.21. The quantitative estimate of drug-likeness (QED) is 0.732. The molecule has 0 aliphatic carbocycles. The van der Waals surface area contributed by atoms with E-state index in [1.807, 2.05) is 0 Å². The fraction of sp³-hybridized carbons (Fsp3) is 0.625. The molecule has 0 heterocycles. The molecule has 0 aromatic heterocycles. The molecule has 0 saturated carbocycles. The van der Waals surface area contributed by atoms with Crippen LogP contribution in [0.25, 0.3) is 0 Å². The van der Waals surface area contributed by atoms with E-state index >= 15 is 0 Å². The fourth-order valence-corrected chi connectivity index (χ4v) is 1.88. The largest absolute Gasteiger partial charge is 0.309 e. The third-order valence-electron chi connectivity index (χ3n) is 3.41. The predicted octanol–water partition coefficient (Wildman–Crippen LogP) is 3.02. The second kappa shape index (κ2) is 7.55. The maximum Gasteiger partial charge on any atom is 0.0233 e. The summed E-state index contributed by atoms with van der Waals surface area (Å²) in [5, 5.41) is 0. The van der Waals surface area contributed by atoms with Gasteiger partial charge in [0.2, 0.25) is 0 Å². The topological polar surface area (TPSA) is 6.48 Å². The first kappa shape index (κ1) is 15.2. The van der Waals surface area contributed by atoms with E-state index in [1.165, 1.54) is 24.0 Å². The standard InChI is InChI=1S/C16H28N2/c1-14(2)18(5)13-16-10-8-15(9-11-16)7-6-12-17(3)4/h8-11,14H,6-7,12-13H2,1-5H3. The Morgan fingerprint density at radius 1 is 0.944 bits per heavy atom. The summed E-state index contributed by atoms with van der Waals surface area (Å²) in [6.07, 6.45) is 2.41. The highest BCUT2D eigenvalue weighted by molar-refractivity contribution is 5.22. The Balaban J connectivity index is 2.42. The van der Waals surface area contributed by atoms with Crippen molar-refractivity contribution in [1.82, 2.24) is 9.80 Å². The van der Waals surface area contributed by atoms with Crippen LogP contribution in [-0.2, 0) is 13.0 Å². The van der Waals surface area contributed by atoms with Crippen molar-refractivity contribution >= 4 is 0 Å².